The third kappa shape index (κ3) is 6.79. The van der Waals surface area contributed by atoms with Crippen molar-refractivity contribution in [2.45, 2.75) is 33.3 Å². The second-order valence-corrected chi connectivity index (χ2v) is 8.81. The highest BCUT2D eigenvalue weighted by atomic mass is 35.5. The first-order valence-electron chi connectivity index (χ1n) is 11.1. The first-order chi connectivity index (χ1) is 15.8. The average Bonchev–Trinajstić information content (AvgIpc) is 3.22. The number of nitrogens with zero attached hydrogens (tertiary/aromatic N) is 1. The molecular weight excluding hydrogens is 444 g/mol. The lowest BCUT2D eigenvalue weighted by Crippen LogP contribution is -2.53. The number of amides is 1. The predicted octanol–water partition coefficient (Wildman–Crippen LogP) is 4.12. The van der Waals surface area contributed by atoms with Crippen LogP contribution in [0.4, 0.5) is 5.69 Å². The largest absolute Gasteiger partial charge is 0.462 e. The van der Waals surface area contributed by atoms with Crippen molar-refractivity contribution in [2.75, 3.05) is 38.1 Å². The minimum Gasteiger partial charge on any atom is -0.462 e. The smallest absolute Gasteiger partial charge is 0.362 e. The number of hydrogen-bond donors (Lipinski definition) is 1. The summed E-state index contributed by atoms with van der Waals surface area (Å²) >= 11 is 6.12. The van der Waals surface area contributed by atoms with Crippen molar-refractivity contribution in [2.24, 2.45) is 0 Å². The molecule has 0 bridgehead atoms. The Labute approximate surface area is 199 Å². The molecule has 2 aromatic rings. The number of carbonyl (C=O) groups is 3. The van der Waals surface area contributed by atoms with Gasteiger partial charge in [-0.25, -0.2) is 9.59 Å². The average molecular weight is 474 g/mol. The summed E-state index contributed by atoms with van der Waals surface area (Å²) < 4.78 is 10.9. The van der Waals surface area contributed by atoms with Gasteiger partial charge in [0.05, 0.1) is 30.9 Å². The Morgan fingerprint density at radius 2 is 1.73 bits per heavy atom. The highest BCUT2D eigenvalue weighted by molar-refractivity contribution is 6.31. The number of carbonyl (C=O) groups excluding carboxylic acids is 3. The van der Waals surface area contributed by atoms with Gasteiger partial charge in [-0.2, -0.15) is 0 Å². The molecule has 1 aliphatic heterocycles. The van der Waals surface area contributed by atoms with Crippen molar-refractivity contribution in [3.8, 4) is 0 Å². The molecule has 2 aromatic carbocycles. The highest BCUT2D eigenvalue weighted by Crippen LogP contribution is 2.27. The van der Waals surface area contributed by atoms with Gasteiger partial charge in [0.15, 0.2) is 13.1 Å². The third-order valence-corrected chi connectivity index (χ3v) is 5.98. The Balaban J connectivity index is 1.68. The number of anilines is 1. The van der Waals surface area contributed by atoms with Gasteiger partial charge >= 0.3 is 11.9 Å². The Bertz CT molecular complexity index is 1000. The summed E-state index contributed by atoms with van der Waals surface area (Å²) in [7, 11) is 0. The third-order valence-electron chi connectivity index (χ3n) is 5.76. The number of likely N-dealkylation sites (tertiary alicyclic amines) is 1. The Morgan fingerprint density at radius 1 is 1.03 bits per heavy atom. The fraction of sp³-hybridized carbons (Fsp3) is 0.400. The molecule has 3 rings (SSSR count). The van der Waals surface area contributed by atoms with Crippen LogP contribution in [0.2, 0.25) is 5.02 Å². The molecule has 1 fully saturated rings. The number of nitrogens with one attached hydrogen (secondary N) is 1. The van der Waals surface area contributed by atoms with Gasteiger partial charge in [0.2, 0.25) is 0 Å². The van der Waals surface area contributed by atoms with E-state index in [4.69, 9.17) is 21.1 Å². The SMILES string of the molecule is CCOC(=O)c1cc(Cl)cc(C)c1NC(=O)C[N+]1(CC(=O)OCc2ccccc2)CCCC1. The molecule has 7 nitrogen and oxygen atoms in total. The minimum atomic E-state index is -0.548. The quantitative estimate of drug-likeness (QED) is 0.437. The first-order valence-corrected chi connectivity index (χ1v) is 11.5. The first kappa shape index (κ1) is 24.7. The molecule has 1 N–H and O–H groups in total. The lowest BCUT2D eigenvalue weighted by Gasteiger charge is -2.32. The maximum absolute atomic E-state index is 13.0. The van der Waals surface area contributed by atoms with E-state index in [1.54, 1.807) is 19.9 Å². The number of benzene rings is 2. The van der Waals surface area contributed by atoms with E-state index >= 15 is 0 Å². The molecule has 1 aliphatic rings. The zero-order valence-electron chi connectivity index (χ0n) is 19.1. The van der Waals surface area contributed by atoms with Gasteiger partial charge in [-0.3, -0.25) is 4.79 Å². The minimum absolute atomic E-state index is 0.116. The molecule has 1 amide bonds. The Morgan fingerprint density at radius 3 is 2.39 bits per heavy atom. The van der Waals surface area contributed by atoms with Crippen LogP contribution in [0.1, 0.15) is 41.3 Å². The van der Waals surface area contributed by atoms with E-state index in [2.05, 4.69) is 5.32 Å². The molecular formula is C25H30ClN2O5+. The van der Waals surface area contributed by atoms with Crippen LogP contribution >= 0.6 is 11.6 Å². The standard InChI is InChI=1S/C25H29ClN2O5/c1-3-32-25(31)21-14-20(26)13-18(2)24(21)27-22(29)15-28(11-7-8-12-28)16-23(30)33-17-19-9-5-4-6-10-19/h4-6,9-10,13-14H,3,7-8,11-12,15-17H2,1-2H3/p+1. The van der Waals surface area contributed by atoms with Crippen LogP contribution in [-0.2, 0) is 25.7 Å². The van der Waals surface area contributed by atoms with Crippen LogP contribution in [0.15, 0.2) is 42.5 Å². The molecule has 1 heterocycles. The van der Waals surface area contributed by atoms with Crippen molar-refractivity contribution in [3.63, 3.8) is 0 Å². The van der Waals surface area contributed by atoms with Crippen LogP contribution < -0.4 is 5.32 Å². The molecule has 0 unspecified atom stereocenters. The van der Waals surface area contributed by atoms with Gasteiger partial charge in [-0.15, -0.1) is 0 Å². The molecule has 0 radical (unpaired) electrons. The van der Waals surface area contributed by atoms with Crippen LogP contribution in [0.3, 0.4) is 0 Å². The van der Waals surface area contributed by atoms with Crippen molar-refractivity contribution >= 4 is 35.1 Å². The number of esters is 2. The molecule has 0 atom stereocenters. The predicted molar refractivity (Wildman–Crippen MR) is 126 cm³/mol. The van der Waals surface area contributed by atoms with E-state index < -0.39 is 5.97 Å². The van der Waals surface area contributed by atoms with Gasteiger partial charge in [-0.05, 0) is 37.1 Å². The summed E-state index contributed by atoms with van der Waals surface area (Å²) in [6.07, 6.45) is 1.88. The number of aryl methyl sites for hydroxylation is 1. The number of rotatable bonds is 9. The fourth-order valence-electron chi connectivity index (χ4n) is 4.20. The van der Waals surface area contributed by atoms with Crippen LogP contribution in [-0.4, -0.2) is 55.1 Å². The topological polar surface area (TPSA) is 81.7 Å². The highest BCUT2D eigenvalue weighted by Gasteiger charge is 2.37. The van der Waals surface area contributed by atoms with Gasteiger partial charge in [-0.1, -0.05) is 41.9 Å². The molecule has 0 aromatic heterocycles. The molecule has 0 spiro atoms. The molecule has 33 heavy (non-hydrogen) atoms. The van der Waals surface area contributed by atoms with Crippen LogP contribution in [0, 0.1) is 6.92 Å². The van der Waals surface area contributed by atoms with Crippen LogP contribution in [0.25, 0.3) is 0 Å². The number of ether oxygens (including phenoxy) is 2. The normalized spacial score (nSPS) is 14.5. The molecule has 0 aliphatic carbocycles. The van der Waals surface area contributed by atoms with E-state index in [0.29, 0.717) is 20.8 Å². The Hall–Kier alpha value is -2.90. The van der Waals surface area contributed by atoms with Gasteiger partial charge in [0, 0.05) is 17.9 Å². The van der Waals surface area contributed by atoms with E-state index in [1.165, 1.54) is 6.07 Å². The summed E-state index contributed by atoms with van der Waals surface area (Å²) in [5.74, 6) is -1.15. The van der Waals surface area contributed by atoms with Crippen molar-refractivity contribution in [3.05, 3.63) is 64.2 Å². The lowest BCUT2D eigenvalue weighted by atomic mass is 10.1. The second kappa shape index (κ2) is 11.3. The maximum atomic E-state index is 13.0. The molecule has 1 saturated heterocycles. The van der Waals surface area contributed by atoms with E-state index in [-0.39, 0.29) is 43.7 Å². The summed E-state index contributed by atoms with van der Waals surface area (Å²) in [4.78, 5) is 38.0. The monoisotopic (exact) mass is 473 g/mol. The zero-order chi connectivity index (χ0) is 23.8. The van der Waals surface area contributed by atoms with E-state index in [9.17, 15) is 14.4 Å². The number of hydrogen-bond acceptors (Lipinski definition) is 5. The molecule has 8 heteroatoms. The van der Waals surface area contributed by atoms with Crippen molar-refractivity contribution in [1.82, 2.24) is 0 Å². The summed E-state index contributed by atoms with van der Waals surface area (Å²) in [6, 6.07) is 12.7. The molecule has 0 saturated carbocycles. The van der Waals surface area contributed by atoms with E-state index in [0.717, 1.165) is 31.5 Å². The molecule has 176 valence electrons. The summed E-state index contributed by atoms with van der Waals surface area (Å²) in [6.45, 7) is 5.59. The van der Waals surface area contributed by atoms with E-state index in [1.807, 2.05) is 30.3 Å². The fourth-order valence-corrected chi connectivity index (χ4v) is 4.47. The van der Waals surface area contributed by atoms with Crippen LogP contribution in [0.5, 0.6) is 0 Å². The van der Waals surface area contributed by atoms with Gasteiger partial charge < -0.3 is 19.3 Å². The lowest BCUT2D eigenvalue weighted by molar-refractivity contribution is -0.902. The Kier molecular flexibility index (Phi) is 8.47. The van der Waals surface area contributed by atoms with Crippen molar-refractivity contribution in [1.29, 1.82) is 0 Å². The second-order valence-electron chi connectivity index (χ2n) is 8.37. The summed E-state index contributed by atoms with van der Waals surface area (Å²) in [5, 5.41) is 3.25. The van der Waals surface area contributed by atoms with Gasteiger partial charge in [0.25, 0.3) is 5.91 Å². The van der Waals surface area contributed by atoms with Gasteiger partial charge in [0.1, 0.15) is 6.61 Å². The number of quaternary nitrogens is 1. The number of halogens is 1. The maximum Gasteiger partial charge on any atom is 0.362 e. The zero-order valence-corrected chi connectivity index (χ0v) is 19.8. The summed E-state index contributed by atoms with van der Waals surface area (Å²) in [5.41, 5.74) is 2.17. The van der Waals surface area contributed by atoms with Crippen molar-refractivity contribution < 1.29 is 28.3 Å².